The van der Waals surface area contributed by atoms with Gasteiger partial charge in [-0.15, -0.1) is 0 Å². The zero-order chi connectivity index (χ0) is 18.1. The highest BCUT2D eigenvalue weighted by Crippen LogP contribution is 2.16. The second-order valence-electron chi connectivity index (χ2n) is 6.30. The molecule has 0 bridgehead atoms. The van der Waals surface area contributed by atoms with Crippen molar-refractivity contribution in [2.45, 2.75) is 57.9 Å². The molecular weight excluding hydrogens is 316 g/mol. The maximum Gasteiger partial charge on any atom is 0.326 e. The second kappa shape index (κ2) is 9.77. The molecule has 0 aliphatic heterocycles. The van der Waals surface area contributed by atoms with E-state index in [1.54, 1.807) is 12.3 Å². The summed E-state index contributed by atoms with van der Waals surface area (Å²) in [6, 6.07) is 8.12. The fraction of sp³-hybridized carbons (Fsp3) is 0.450. The Labute approximate surface area is 148 Å². The van der Waals surface area contributed by atoms with Crippen LogP contribution in [0.3, 0.4) is 0 Å². The van der Waals surface area contributed by atoms with Crippen LogP contribution in [0.4, 0.5) is 0 Å². The summed E-state index contributed by atoms with van der Waals surface area (Å²) in [5.41, 5.74) is 1.18. The fourth-order valence-corrected chi connectivity index (χ4v) is 2.92. The predicted molar refractivity (Wildman–Crippen MR) is 98.6 cm³/mol. The number of benzene rings is 1. The molecule has 0 fully saturated rings. The van der Waals surface area contributed by atoms with Crippen molar-refractivity contribution >= 4 is 22.8 Å². The summed E-state index contributed by atoms with van der Waals surface area (Å²) in [5.74, 6) is -1.35. The van der Waals surface area contributed by atoms with Gasteiger partial charge in [0.05, 0.1) is 11.1 Å². The lowest BCUT2D eigenvalue weighted by Gasteiger charge is -2.15. The van der Waals surface area contributed by atoms with Gasteiger partial charge in [0.1, 0.15) is 6.04 Å². The molecule has 1 aromatic carbocycles. The lowest BCUT2D eigenvalue weighted by Crippen LogP contribution is -2.40. The number of rotatable bonds is 10. The van der Waals surface area contributed by atoms with Crippen LogP contribution in [0.2, 0.25) is 0 Å². The first-order valence-corrected chi connectivity index (χ1v) is 9.01. The van der Waals surface area contributed by atoms with Crippen molar-refractivity contribution in [3.8, 4) is 0 Å². The number of hydrogen-bond donors (Lipinski definition) is 2. The van der Waals surface area contributed by atoms with Crippen molar-refractivity contribution in [3.63, 3.8) is 0 Å². The molecule has 0 saturated carbocycles. The first-order chi connectivity index (χ1) is 12.1. The molecule has 2 N–H and O–H groups in total. The van der Waals surface area contributed by atoms with Gasteiger partial charge in [-0.3, -0.25) is 9.78 Å². The number of nitrogens with one attached hydrogen (secondary N) is 1. The highest BCUT2D eigenvalue weighted by Gasteiger charge is 2.21. The Morgan fingerprint density at radius 2 is 1.80 bits per heavy atom. The number of unbranched alkanes of at least 4 members (excludes halogenated alkanes) is 5. The van der Waals surface area contributed by atoms with Crippen LogP contribution >= 0.6 is 0 Å². The zero-order valence-corrected chi connectivity index (χ0v) is 14.7. The molecule has 5 nitrogen and oxygen atoms in total. The number of aliphatic carboxylic acids is 1. The largest absolute Gasteiger partial charge is 0.480 e. The zero-order valence-electron chi connectivity index (χ0n) is 14.7. The standard InChI is InChI=1S/C20H26N2O3/c1-2-3-4-5-6-7-12-18(20(24)25)22-19(23)16-13-14-21-17-11-9-8-10-15(16)17/h8-11,13-14,18H,2-7,12H2,1H3,(H,22,23)(H,24,25)/t18-/m0/s1. The Kier molecular flexibility index (Phi) is 7.38. The molecule has 2 rings (SSSR count). The molecule has 2 aromatic rings. The number of amides is 1. The molecule has 0 saturated heterocycles. The van der Waals surface area contributed by atoms with Crippen molar-refractivity contribution in [2.24, 2.45) is 0 Å². The fourth-order valence-electron chi connectivity index (χ4n) is 2.92. The Balaban J connectivity index is 1.96. The third-order valence-corrected chi connectivity index (χ3v) is 4.34. The van der Waals surface area contributed by atoms with Gasteiger partial charge >= 0.3 is 5.97 Å². The summed E-state index contributed by atoms with van der Waals surface area (Å²) < 4.78 is 0. The average molecular weight is 342 g/mol. The van der Waals surface area contributed by atoms with E-state index >= 15 is 0 Å². The second-order valence-corrected chi connectivity index (χ2v) is 6.30. The maximum atomic E-state index is 12.5. The Morgan fingerprint density at radius 1 is 1.08 bits per heavy atom. The molecule has 0 spiro atoms. The SMILES string of the molecule is CCCCCCCC[C@H](NC(=O)c1ccnc2ccccc12)C(=O)O. The quantitative estimate of drug-likeness (QED) is 0.635. The van der Waals surface area contributed by atoms with E-state index in [1.165, 1.54) is 19.3 Å². The molecule has 0 radical (unpaired) electrons. The first kappa shape index (κ1) is 18.9. The van der Waals surface area contributed by atoms with Crippen molar-refractivity contribution in [2.75, 3.05) is 0 Å². The minimum Gasteiger partial charge on any atom is -0.480 e. The van der Waals surface area contributed by atoms with Crippen LogP contribution < -0.4 is 5.32 Å². The number of pyridine rings is 1. The molecule has 1 atom stereocenters. The summed E-state index contributed by atoms with van der Waals surface area (Å²) in [6.45, 7) is 2.17. The summed E-state index contributed by atoms with van der Waals surface area (Å²) in [5, 5.41) is 12.8. The number of nitrogens with zero attached hydrogens (tertiary/aromatic N) is 1. The lowest BCUT2D eigenvalue weighted by molar-refractivity contribution is -0.139. The smallest absolute Gasteiger partial charge is 0.326 e. The normalized spacial score (nSPS) is 12.0. The van der Waals surface area contributed by atoms with Gasteiger partial charge in [-0.2, -0.15) is 0 Å². The van der Waals surface area contributed by atoms with Crippen molar-refractivity contribution in [3.05, 3.63) is 42.1 Å². The highest BCUT2D eigenvalue weighted by molar-refractivity contribution is 6.06. The molecule has 1 amide bonds. The van der Waals surface area contributed by atoms with Crippen LogP contribution in [-0.4, -0.2) is 28.0 Å². The van der Waals surface area contributed by atoms with E-state index in [0.717, 1.165) is 30.2 Å². The Morgan fingerprint density at radius 3 is 2.56 bits per heavy atom. The summed E-state index contributed by atoms with van der Waals surface area (Å²) in [7, 11) is 0. The molecule has 1 heterocycles. The third kappa shape index (κ3) is 5.55. The van der Waals surface area contributed by atoms with E-state index in [2.05, 4.69) is 17.2 Å². The van der Waals surface area contributed by atoms with Crippen LogP contribution in [-0.2, 0) is 4.79 Å². The molecule has 5 heteroatoms. The van der Waals surface area contributed by atoms with Crippen LogP contribution in [0.25, 0.3) is 10.9 Å². The number of fused-ring (bicyclic) bond motifs is 1. The van der Waals surface area contributed by atoms with E-state index in [-0.39, 0.29) is 5.91 Å². The van der Waals surface area contributed by atoms with E-state index in [4.69, 9.17) is 0 Å². The van der Waals surface area contributed by atoms with Gasteiger partial charge in [0.15, 0.2) is 0 Å². The summed E-state index contributed by atoms with van der Waals surface area (Å²) in [4.78, 5) is 28.2. The molecule has 134 valence electrons. The number of carboxylic acids is 1. The van der Waals surface area contributed by atoms with E-state index in [1.807, 2.05) is 24.3 Å². The van der Waals surface area contributed by atoms with Gasteiger partial charge in [-0.05, 0) is 18.6 Å². The minimum atomic E-state index is -0.986. The lowest BCUT2D eigenvalue weighted by atomic mass is 10.0. The Bertz CT molecular complexity index is 710. The monoisotopic (exact) mass is 342 g/mol. The van der Waals surface area contributed by atoms with Gasteiger partial charge < -0.3 is 10.4 Å². The van der Waals surface area contributed by atoms with E-state index in [0.29, 0.717) is 12.0 Å². The molecular formula is C20H26N2O3. The van der Waals surface area contributed by atoms with E-state index < -0.39 is 12.0 Å². The topological polar surface area (TPSA) is 79.3 Å². The maximum absolute atomic E-state index is 12.5. The van der Waals surface area contributed by atoms with Crippen molar-refractivity contribution in [1.82, 2.24) is 10.3 Å². The summed E-state index contributed by atoms with van der Waals surface area (Å²) >= 11 is 0. The van der Waals surface area contributed by atoms with Gasteiger partial charge in [-0.25, -0.2) is 4.79 Å². The number of carbonyl (C=O) groups is 2. The molecule has 25 heavy (non-hydrogen) atoms. The number of hydrogen-bond acceptors (Lipinski definition) is 3. The summed E-state index contributed by atoms with van der Waals surface area (Å²) in [6.07, 6.45) is 8.53. The van der Waals surface area contributed by atoms with Crippen LogP contribution in [0, 0.1) is 0 Å². The minimum absolute atomic E-state index is 0.364. The van der Waals surface area contributed by atoms with Crippen LogP contribution in [0.5, 0.6) is 0 Å². The van der Waals surface area contributed by atoms with Gasteiger partial charge in [0.25, 0.3) is 5.91 Å². The van der Waals surface area contributed by atoms with Gasteiger partial charge in [0, 0.05) is 11.6 Å². The third-order valence-electron chi connectivity index (χ3n) is 4.34. The predicted octanol–water partition coefficient (Wildman–Crippen LogP) is 4.17. The molecule has 0 unspecified atom stereocenters. The van der Waals surface area contributed by atoms with Crippen molar-refractivity contribution in [1.29, 1.82) is 0 Å². The van der Waals surface area contributed by atoms with Gasteiger partial charge in [-0.1, -0.05) is 63.6 Å². The Hall–Kier alpha value is -2.43. The molecule has 1 aromatic heterocycles. The van der Waals surface area contributed by atoms with Crippen molar-refractivity contribution < 1.29 is 14.7 Å². The first-order valence-electron chi connectivity index (χ1n) is 9.01. The number of carbonyl (C=O) groups excluding carboxylic acids is 1. The average Bonchev–Trinajstić information content (AvgIpc) is 2.62. The molecule has 0 aliphatic carbocycles. The highest BCUT2D eigenvalue weighted by atomic mass is 16.4. The van der Waals surface area contributed by atoms with Gasteiger partial charge in [0.2, 0.25) is 0 Å². The molecule has 0 aliphatic rings. The number of carboxylic acid groups (broad SMARTS) is 1. The van der Waals surface area contributed by atoms with Crippen LogP contribution in [0.1, 0.15) is 62.2 Å². The van der Waals surface area contributed by atoms with E-state index in [9.17, 15) is 14.7 Å². The number of para-hydroxylation sites is 1. The van der Waals surface area contributed by atoms with Crippen LogP contribution in [0.15, 0.2) is 36.5 Å². The number of aromatic nitrogens is 1.